The van der Waals surface area contributed by atoms with Gasteiger partial charge in [-0.15, -0.1) is 24.2 Å². The van der Waals surface area contributed by atoms with Gasteiger partial charge in [0, 0.05) is 30.2 Å². The third-order valence-electron chi connectivity index (χ3n) is 5.62. The molecule has 2 amide bonds. The average Bonchev–Trinajstić information content (AvgIpc) is 3.37. The first kappa shape index (κ1) is 29.5. The van der Waals surface area contributed by atoms with Gasteiger partial charge < -0.3 is 35.1 Å². The number of nitrogens with one attached hydrogen (secondary N) is 1. The summed E-state index contributed by atoms with van der Waals surface area (Å²) in [6.07, 6.45) is 0.153. The summed E-state index contributed by atoms with van der Waals surface area (Å²) in [7, 11) is 0. The number of carbonyl (C=O) groups is 4. The van der Waals surface area contributed by atoms with Crippen molar-refractivity contribution in [1.82, 2.24) is 10.2 Å². The van der Waals surface area contributed by atoms with Crippen LogP contribution in [0, 0.1) is 0 Å². The number of aliphatic hydroxyl groups excluding tert-OH is 1. The van der Waals surface area contributed by atoms with E-state index in [1.54, 1.807) is 18.2 Å². The molecule has 208 valence electrons. The van der Waals surface area contributed by atoms with E-state index in [0.29, 0.717) is 22.6 Å². The lowest BCUT2D eigenvalue weighted by Gasteiger charge is -2.49. The molecule has 3 heterocycles. The minimum atomic E-state index is -0.977. The normalized spacial score (nSPS) is 20.1. The number of hydrogen-bond donors (Lipinski definition) is 3. The lowest BCUT2D eigenvalue weighted by molar-refractivity contribution is -0.357. The topological polar surface area (TPSA) is 185 Å². The molecule has 14 nitrogen and oxygen atoms in total. The van der Waals surface area contributed by atoms with Gasteiger partial charge in [0.25, 0.3) is 5.91 Å². The van der Waals surface area contributed by atoms with Crippen LogP contribution < -0.4 is 20.5 Å². The summed E-state index contributed by atoms with van der Waals surface area (Å²) >= 11 is 1.28. The quantitative estimate of drug-likeness (QED) is 0.0753. The van der Waals surface area contributed by atoms with Crippen LogP contribution in [0.1, 0.15) is 12.5 Å². The summed E-state index contributed by atoms with van der Waals surface area (Å²) in [5.74, 6) is -1.28. The molecule has 0 bridgehead atoms. The van der Waals surface area contributed by atoms with Crippen LogP contribution in [0.5, 0.6) is 11.5 Å². The van der Waals surface area contributed by atoms with E-state index in [1.807, 2.05) is 0 Å². The number of nitrogens with two attached hydrogens (primary N) is 1. The molecule has 4 rings (SSSR count). The summed E-state index contributed by atoms with van der Waals surface area (Å²) in [6, 6.07) is 3.37. The van der Waals surface area contributed by atoms with Crippen LogP contribution in [0.25, 0.3) is 0 Å². The summed E-state index contributed by atoms with van der Waals surface area (Å²) < 4.78 is 20.7. The molecule has 0 spiro atoms. The number of amides is 2. The Morgan fingerprint density at radius 1 is 1.26 bits per heavy atom. The molecule has 1 fully saturated rings. The van der Waals surface area contributed by atoms with Gasteiger partial charge in [0.1, 0.15) is 23.7 Å². The van der Waals surface area contributed by atoms with Gasteiger partial charge in [-0.1, -0.05) is 12.1 Å². The fourth-order valence-corrected chi connectivity index (χ4v) is 5.26. The number of halogens is 1. The van der Waals surface area contributed by atoms with E-state index in [1.165, 1.54) is 23.6 Å². The maximum atomic E-state index is 13.0. The molecular weight excluding hydrogens is 550 g/mol. The van der Waals surface area contributed by atoms with Crippen molar-refractivity contribution in [3.8, 4) is 11.5 Å². The number of esters is 2. The monoisotopic (exact) mass is 575 g/mol. The van der Waals surface area contributed by atoms with Crippen molar-refractivity contribution in [1.29, 1.82) is 0 Å². The molecule has 3 aliphatic rings. The number of benzene rings is 1. The SMILES string of the molecule is CC(=O)OCC1=C(C(=O)OCOOCO)N2C(=O)[C@@H](NC(=O)C(N)Cc3cccc4c3OCO4)[C@H]2SC1.Cl. The van der Waals surface area contributed by atoms with E-state index in [-0.39, 0.29) is 43.7 Å². The zero-order valence-corrected chi connectivity index (χ0v) is 21.7. The molecule has 1 saturated heterocycles. The van der Waals surface area contributed by atoms with E-state index < -0.39 is 54.8 Å². The van der Waals surface area contributed by atoms with Crippen molar-refractivity contribution in [2.75, 3.05) is 32.7 Å². The Kier molecular flexibility index (Phi) is 10.2. The Hall–Kier alpha value is -3.08. The predicted molar refractivity (Wildman–Crippen MR) is 130 cm³/mol. The van der Waals surface area contributed by atoms with E-state index in [0.717, 1.165) is 0 Å². The second-order valence-corrected chi connectivity index (χ2v) is 9.11. The van der Waals surface area contributed by atoms with Gasteiger partial charge in [-0.2, -0.15) is 4.89 Å². The number of carbonyl (C=O) groups excluding carboxylic acids is 4. The smallest absolute Gasteiger partial charge is 0.357 e. The Balaban J connectivity index is 0.00000400. The summed E-state index contributed by atoms with van der Waals surface area (Å²) in [4.78, 5) is 59.7. The summed E-state index contributed by atoms with van der Waals surface area (Å²) in [5, 5.41) is 10.6. The highest BCUT2D eigenvalue weighted by atomic mass is 35.5. The number of para-hydroxylation sites is 1. The van der Waals surface area contributed by atoms with Gasteiger partial charge in [-0.3, -0.25) is 19.3 Å². The Morgan fingerprint density at radius 2 is 2.05 bits per heavy atom. The molecule has 1 aromatic carbocycles. The molecule has 3 atom stereocenters. The highest BCUT2D eigenvalue weighted by Crippen LogP contribution is 2.41. The minimum Gasteiger partial charge on any atom is -0.461 e. The highest BCUT2D eigenvalue weighted by Gasteiger charge is 2.54. The number of nitrogens with zero attached hydrogens (tertiary/aromatic N) is 1. The maximum Gasteiger partial charge on any atom is 0.357 e. The van der Waals surface area contributed by atoms with Gasteiger partial charge >= 0.3 is 11.9 Å². The van der Waals surface area contributed by atoms with E-state index in [2.05, 4.69) is 15.1 Å². The molecule has 0 radical (unpaired) electrons. The molecule has 38 heavy (non-hydrogen) atoms. The van der Waals surface area contributed by atoms with Crippen molar-refractivity contribution in [3.05, 3.63) is 35.0 Å². The van der Waals surface area contributed by atoms with Crippen LogP contribution in [-0.4, -0.2) is 84.0 Å². The summed E-state index contributed by atoms with van der Waals surface area (Å²) in [5.41, 5.74) is 7.04. The average molecular weight is 576 g/mol. The zero-order valence-electron chi connectivity index (χ0n) is 20.1. The first-order chi connectivity index (χ1) is 17.8. The number of fused-ring (bicyclic) bond motifs is 2. The molecule has 16 heteroatoms. The molecule has 4 N–H and O–H groups in total. The molecule has 0 aromatic heterocycles. The van der Waals surface area contributed by atoms with E-state index >= 15 is 0 Å². The first-order valence-electron chi connectivity index (χ1n) is 11.1. The van der Waals surface area contributed by atoms with Gasteiger partial charge in [0.05, 0.1) is 6.04 Å². The van der Waals surface area contributed by atoms with Gasteiger partial charge in [0.2, 0.25) is 19.5 Å². The predicted octanol–water partition coefficient (Wildman–Crippen LogP) is -0.677. The van der Waals surface area contributed by atoms with Crippen molar-refractivity contribution >= 4 is 47.9 Å². The Labute approximate surface area is 227 Å². The van der Waals surface area contributed by atoms with E-state index in [4.69, 9.17) is 29.8 Å². The molecule has 1 unspecified atom stereocenters. The minimum absolute atomic E-state index is 0. The van der Waals surface area contributed by atoms with E-state index in [9.17, 15) is 19.2 Å². The van der Waals surface area contributed by atoms with Crippen LogP contribution in [0.3, 0.4) is 0 Å². The number of rotatable bonds is 11. The molecule has 0 saturated carbocycles. The largest absolute Gasteiger partial charge is 0.461 e. The maximum absolute atomic E-state index is 13.0. The second kappa shape index (κ2) is 13.1. The van der Waals surface area contributed by atoms with Crippen LogP contribution >= 0.6 is 24.2 Å². The Bertz CT molecular complexity index is 1120. The third kappa shape index (κ3) is 6.31. The highest BCUT2D eigenvalue weighted by molar-refractivity contribution is 8.00. The lowest BCUT2D eigenvalue weighted by Crippen LogP contribution is -2.71. The number of aliphatic hydroxyl groups is 1. The first-order valence-corrected chi connectivity index (χ1v) is 12.1. The van der Waals surface area contributed by atoms with Gasteiger partial charge in [-0.25, -0.2) is 9.68 Å². The number of hydrogen-bond acceptors (Lipinski definition) is 13. The molecule has 1 aromatic rings. The number of β-lactam (4-membered cyclic amide) rings is 1. The van der Waals surface area contributed by atoms with Crippen LogP contribution in [0.2, 0.25) is 0 Å². The fraction of sp³-hybridized carbons (Fsp3) is 0.455. The number of ether oxygens (including phenoxy) is 4. The van der Waals surface area contributed by atoms with Crippen LogP contribution in [0.4, 0.5) is 0 Å². The molecule has 0 aliphatic carbocycles. The number of thioether (sulfide) groups is 1. The van der Waals surface area contributed by atoms with Crippen molar-refractivity contribution < 1.29 is 53.0 Å². The van der Waals surface area contributed by atoms with Crippen LogP contribution in [-0.2, 0) is 44.8 Å². The molecular formula is C22H26ClN3O11S. The third-order valence-corrected chi connectivity index (χ3v) is 6.96. The van der Waals surface area contributed by atoms with Gasteiger partial charge in [0.15, 0.2) is 18.3 Å². The van der Waals surface area contributed by atoms with Crippen LogP contribution in [0.15, 0.2) is 29.5 Å². The zero-order chi connectivity index (χ0) is 26.5. The van der Waals surface area contributed by atoms with Crippen molar-refractivity contribution in [2.24, 2.45) is 5.73 Å². The fourth-order valence-electron chi connectivity index (χ4n) is 3.93. The van der Waals surface area contributed by atoms with Gasteiger partial charge in [-0.05, 0) is 6.07 Å². The Morgan fingerprint density at radius 3 is 2.79 bits per heavy atom. The lowest BCUT2D eigenvalue weighted by atomic mass is 10.0. The summed E-state index contributed by atoms with van der Waals surface area (Å²) in [6.45, 7) is -0.345. The standard InChI is InChI=1S/C22H25N3O11S.ClH/c1-11(27)31-6-13-7-37-21-16(20(29)25(21)17(13)22(30)34-10-36-35-8-26)24-19(28)14(23)5-12-3-2-4-15-18(12)33-9-32-15;/h2-4,14,16,21,26H,5-10,23H2,1H3,(H,24,28);1H/t14?,16-,21-;/m1./s1. The van der Waals surface area contributed by atoms with Crippen molar-refractivity contribution in [2.45, 2.75) is 30.8 Å². The molecule has 3 aliphatic heterocycles. The second-order valence-electron chi connectivity index (χ2n) is 8.00. The van der Waals surface area contributed by atoms with Crippen molar-refractivity contribution in [3.63, 3.8) is 0 Å².